The van der Waals surface area contributed by atoms with E-state index in [2.05, 4.69) is 59.8 Å². The van der Waals surface area contributed by atoms with E-state index in [9.17, 15) is 47.9 Å². The normalized spacial score (nSPS) is 15.6. The summed E-state index contributed by atoms with van der Waals surface area (Å²) in [6, 6.07) is 5.42. The third kappa shape index (κ3) is 24.3. The molecule has 1 aromatic heterocycles. The van der Waals surface area contributed by atoms with Crippen molar-refractivity contribution < 1.29 is 47.9 Å². The van der Waals surface area contributed by atoms with Crippen LogP contribution in [0, 0.1) is 23.7 Å². The Kier molecular flexibility index (Phi) is 28.9. The van der Waals surface area contributed by atoms with Crippen LogP contribution in [0.4, 0.5) is 0 Å². The molecule has 85 heavy (non-hydrogen) atoms. The smallest absolute Gasteiger partial charge is 0.255 e. The van der Waals surface area contributed by atoms with Gasteiger partial charge in [-0.15, -0.1) is 0 Å². The van der Waals surface area contributed by atoms with Crippen LogP contribution in [-0.2, 0) is 43.2 Å². The molecule has 476 valence electrons. The highest BCUT2D eigenvalue weighted by Crippen LogP contribution is 2.23. The molecule has 10 amide bonds. The number of fused-ring (bicyclic) bond motifs is 1. The molecule has 0 bridgehead atoms. The lowest BCUT2D eigenvalue weighted by molar-refractivity contribution is -0.140. The number of carbonyl (C=O) groups is 10. The minimum absolute atomic E-state index is 0.0264. The molecule has 1 aromatic carbocycles. The molecule has 2 aromatic rings. The maximum Gasteiger partial charge on any atom is 0.255 e. The Hall–Kier alpha value is -6.71. The zero-order valence-electron chi connectivity index (χ0n) is 53.9. The summed E-state index contributed by atoms with van der Waals surface area (Å²) in [6.45, 7) is 25.1. The first-order chi connectivity index (χ1) is 39.7. The average Bonchev–Trinajstić information content (AvgIpc) is 3.77. The number of carbonyl (C=O) groups excluding carboxylic acids is 10. The molecule has 3 rings (SSSR count). The van der Waals surface area contributed by atoms with Crippen molar-refractivity contribution in [3.63, 3.8) is 0 Å². The van der Waals surface area contributed by atoms with Gasteiger partial charge in [0.25, 0.3) is 5.91 Å². The van der Waals surface area contributed by atoms with E-state index in [1.165, 1.54) is 41.5 Å². The first kappa shape index (κ1) is 72.5. The number of pyridine rings is 1. The van der Waals surface area contributed by atoms with E-state index in [1.807, 2.05) is 85.7 Å². The largest absolute Gasteiger partial charge is 0.354 e. The second-order valence-electron chi connectivity index (χ2n) is 26.3. The van der Waals surface area contributed by atoms with Crippen LogP contribution in [0.1, 0.15) is 191 Å². The Morgan fingerprint density at radius 3 is 1.74 bits per heavy atom. The number of benzene rings is 1. The summed E-state index contributed by atoms with van der Waals surface area (Å²) in [4.78, 5) is 147. The number of amides is 10. The van der Waals surface area contributed by atoms with Crippen molar-refractivity contribution in [2.45, 2.75) is 227 Å². The number of likely N-dealkylation sites (N-methyl/N-ethyl adjacent to an activating group) is 1. The maximum absolute atomic E-state index is 14.5. The van der Waals surface area contributed by atoms with Gasteiger partial charge in [0.2, 0.25) is 53.2 Å². The monoisotopic (exact) mass is 1190 g/mol. The molecule has 22 nitrogen and oxygen atoms in total. The van der Waals surface area contributed by atoms with Gasteiger partial charge in [0.05, 0.1) is 5.52 Å². The van der Waals surface area contributed by atoms with Crippen molar-refractivity contribution in [1.82, 2.24) is 62.6 Å². The van der Waals surface area contributed by atoms with Gasteiger partial charge in [-0.3, -0.25) is 52.9 Å². The van der Waals surface area contributed by atoms with Gasteiger partial charge in [-0.2, -0.15) is 0 Å². The minimum atomic E-state index is -1.66. The number of aromatic nitrogens is 1. The highest BCUT2D eigenvalue weighted by molar-refractivity contribution is 6.04. The first-order valence-corrected chi connectivity index (χ1v) is 30.7. The Balaban J connectivity index is 1.75. The maximum atomic E-state index is 14.5. The zero-order valence-corrected chi connectivity index (χ0v) is 53.9. The predicted molar refractivity (Wildman–Crippen MR) is 330 cm³/mol. The molecule has 9 N–H and O–H groups in total. The lowest BCUT2D eigenvalue weighted by atomic mass is 9.95. The van der Waals surface area contributed by atoms with Crippen LogP contribution in [0.15, 0.2) is 36.5 Å². The van der Waals surface area contributed by atoms with Crippen molar-refractivity contribution in [3.05, 3.63) is 42.1 Å². The summed E-state index contributed by atoms with van der Waals surface area (Å²) in [5.41, 5.74) is -3.60. The molecule has 0 saturated carbocycles. The predicted octanol–water partition coefficient (Wildman–Crippen LogP) is 5.13. The quantitative estimate of drug-likeness (QED) is 0.0321. The summed E-state index contributed by atoms with van der Waals surface area (Å²) >= 11 is 0. The molecule has 0 radical (unpaired) electrons. The molecular weight excluding hydrogens is 1080 g/mol. The van der Waals surface area contributed by atoms with Crippen LogP contribution in [-0.4, -0.2) is 155 Å². The van der Waals surface area contributed by atoms with Crippen molar-refractivity contribution in [2.75, 3.05) is 33.7 Å². The Bertz CT molecular complexity index is 2600. The lowest BCUT2D eigenvalue weighted by Crippen LogP contribution is -2.65. The number of nitrogens with one attached hydrogen (secondary N) is 9. The van der Waals surface area contributed by atoms with Gasteiger partial charge in [-0.25, -0.2) is 0 Å². The van der Waals surface area contributed by atoms with E-state index in [0.29, 0.717) is 43.4 Å². The van der Waals surface area contributed by atoms with Gasteiger partial charge in [0, 0.05) is 49.2 Å². The third-order valence-electron chi connectivity index (χ3n) is 14.8. The van der Waals surface area contributed by atoms with E-state index < -0.39 is 94.1 Å². The van der Waals surface area contributed by atoms with Crippen molar-refractivity contribution >= 4 is 70.0 Å². The number of nitrogens with zero attached hydrogens (tertiary/aromatic N) is 3. The molecule has 0 unspecified atom stereocenters. The molecule has 2 heterocycles. The van der Waals surface area contributed by atoms with E-state index in [0.717, 1.165) is 37.5 Å². The Morgan fingerprint density at radius 1 is 0.624 bits per heavy atom. The molecular formula is C63H104N12O10. The molecule has 0 aliphatic carbocycles. The van der Waals surface area contributed by atoms with Gasteiger partial charge >= 0.3 is 0 Å². The van der Waals surface area contributed by atoms with E-state index in [4.69, 9.17) is 0 Å². The molecule has 0 spiro atoms. The molecule has 1 aliphatic rings. The van der Waals surface area contributed by atoms with Gasteiger partial charge in [0.15, 0.2) is 0 Å². The first-order valence-electron chi connectivity index (χ1n) is 30.7. The lowest BCUT2D eigenvalue weighted by Gasteiger charge is -2.34. The fraction of sp³-hybridized carbons (Fsp3) is 0.698. The van der Waals surface area contributed by atoms with E-state index >= 15 is 0 Å². The molecule has 22 heteroatoms. The van der Waals surface area contributed by atoms with Gasteiger partial charge in [-0.05, 0) is 137 Å². The summed E-state index contributed by atoms with van der Waals surface area (Å²) in [7, 11) is 3.79. The van der Waals surface area contributed by atoms with Gasteiger partial charge in [0.1, 0.15) is 46.8 Å². The number of hydrogen-bond acceptors (Lipinski definition) is 12. The summed E-state index contributed by atoms with van der Waals surface area (Å²) in [6.07, 6.45) is 8.27. The van der Waals surface area contributed by atoms with E-state index in [-0.39, 0.29) is 74.3 Å². The van der Waals surface area contributed by atoms with Crippen LogP contribution in [0.2, 0.25) is 0 Å². The molecule has 1 saturated heterocycles. The van der Waals surface area contributed by atoms with Crippen LogP contribution in [0.5, 0.6) is 0 Å². The Morgan fingerprint density at radius 2 is 1.16 bits per heavy atom. The number of unbranched alkanes of at least 4 members (excludes halogenated alkanes) is 5. The van der Waals surface area contributed by atoms with Crippen LogP contribution < -0.4 is 47.9 Å². The fourth-order valence-electron chi connectivity index (χ4n) is 10.1. The van der Waals surface area contributed by atoms with Crippen molar-refractivity contribution in [2.24, 2.45) is 23.7 Å². The van der Waals surface area contributed by atoms with Crippen LogP contribution in [0.25, 0.3) is 10.9 Å². The van der Waals surface area contributed by atoms with Crippen LogP contribution >= 0.6 is 0 Å². The SMILES string of the molecule is CCCCCCCC[C@@H](C(=O)N[C@@H](CC(C)C)C(=O)NC(C)(C)C(=O)N[C@@H](CC(C)C)C(=O)N[C@@H](CC(C)C)C(=O)NC(C)(C)C(=O)NC(C)(C)C(=O)NCCC(=O)N[C@@H](C)CN(C)C)C(=O)N[C@@H]1CCCN1C(=O)c1ccc2cccnc2c1. The standard InChI is InChI=1S/C63H104N12O10/c1-17-18-19-20-21-22-26-45(53(78)70-50-27-24-33-75(50)57(82)44-29-28-43-25-23-31-64-46(43)37-44)52(77)67-48(35-40(4)5)55(80)71-62(11,12)59(84)69-47(34-39(2)3)54(79)68-49(36-41(6)7)56(81)72-63(13,14)60(85)73-61(9,10)58(83)65-32-30-51(76)66-42(8)38-74(15)16/h23,25,28-29,31,37,39-42,45,47-50H,17-22,24,26-27,30,32-36,38H2,1-16H3,(H,65,83)(H,66,76)(H,67,77)(H,68,79)(H,69,84)(H,70,78)(H,71,80)(H,72,81)(H,73,85)/t42-,45-,47-,48-,49-,50-/m0/s1. The van der Waals surface area contributed by atoms with Gasteiger partial charge < -0.3 is 57.7 Å². The number of likely N-dealkylation sites (tertiary alicyclic amines) is 1. The topological polar surface area (TPSA) is 298 Å². The summed E-state index contributed by atoms with van der Waals surface area (Å²) in [5.74, 6) is -7.28. The van der Waals surface area contributed by atoms with Crippen molar-refractivity contribution in [3.8, 4) is 0 Å². The van der Waals surface area contributed by atoms with E-state index in [1.54, 1.807) is 23.2 Å². The second-order valence-corrected chi connectivity index (χ2v) is 26.3. The number of rotatable bonds is 35. The fourth-order valence-corrected chi connectivity index (χ4v) is 10.1. The summed E-state index contributed by atoms with van der Waals surface area (Å²) in [5, 5.41) is 26.1. The third-order valence-corrected chi connectivity index (χ3v) is 14.8. The zero-order chi connectivity index (χ0) is 64.0. The van der Waals surface area contributed by atoms with Gasteiger partial charge in [-0.1, -0.05) is 99.1 Å². The molecule has 1 fully saturated rings. The average molecular weight is 1190 g/mol. The highest BCUT2D eigenvalue weighted by Gasteiger charge is 2.41. The number of hydrogen-bond donors (Lipinski definition) is 9. The molecule has 6 atom stereocenters. The molecule has 1 aliphatic heterocycles. The minimum Gasteiger partial charge on any atom is -0.354 e. The highest BCUT2D eigenvalue weighted by atomic mass is 16.2. The van der Waals surface area contributed by atoms with Crippen LogP contribution in [0.3, 0.4) is 0 Å². The summed E-state index contributed by atoms with van der Waals surface area (Å²) < 4.78 is 0. The van der Waals surface area contributed by atoms with Crippen molar-refractivity contribution in [1.29, 1.82) is 0 Å². The second kappa shape index (κ2) is 33.8. The Labute approximate surface area is 505 Å².